The lowest BCUT2D eigenvalue weighted by molar-refractivity contribution is 0.183. The summed E-state index contributed by atoms with van der Waals surface area (Å²) in [7, 11) is 8.27. The smallest absolute Gasteiger partial charge is 0.133 e. The molecular formula is C8H15ClN2OS. The Bertz CT molecular complexity index is 218. The van der Waals surface area contributed by atoms with Crippen molar-refractivity contribution in [2.75, 3.05) is 13.7 Å². The number of hydrogen-bond acceptors (Lipinski definition) is 3. The SMILES string of the molecule is CC.COCCn1ccc(SCl)n1. The summed E-state index contributed by atoms with van der Waals surface area (Å²) in [4.78, 5) is 0. The molecule has 0 aromatic carbocycles. The maximum absolute atomic E-state index is 5.48. The second-order valence-corrected chi connectivity index (χ2v) is 3.02. The molecule has 5 heteroatoms. The van der Waals surface area contributed by atoms with Gasteiger partial charge < -0.3 is 4.74 Å². The van der Waals surface area contributed by atoms with Crippen molar-refractivity contribution in [1.82, 2.24) is 9.78 Å². The molecule has 0 saturated carbocycles. The van der Waals surface area contributed by atoms with E-state index in [1.807, 2.05) is 26.1 Å². The van der Waals surface area contributed by atoms with Crippen LogP contribution in [0.4, 0.5) is 0 Å². The molecule has 1 heterocycles. The molecule has 0 fully saturated rings. The Hall–Kier alpha value is -0.190. The van der Waals surface area contributed by atoms with Gasteiger partial charge in [0.1, 0.15) is 5.03 Å². The highest BCUT2D eigenvalue weighted by molar-refractivity contribution is 8.21. The van der Waals surface area contributed by atoms with E-state index >= 15 is 0 Å². The summed E-state index contributed by atoms with van der Waals surface area (Å²) < 4.78 is 6.69. The van der Waals surface area contributed by atoms with Gasteiger partial charge in [-0.25, -0.2) is 0 Å². The average Bonchev–Trinajstić information content (AvgIpc) is 2.65. The second-order valence-electron chi connectivity index (χ2n) is 1.99. The molecule has 0 aliphatic carbocycles. The van der Waals surface area contributed by atoms with Crippen LogP contribution in [0, 0.1) is 0 Å². The van der Waals surface area contributed by atoms with Gasteiger partial charge in [0.25, 0.3) is 0 Å². The molecule has 13 heavy (non-hydrogen) atoms. The largest absolute Gasteiger partial charge is 0.383 e. The topological polar surface area (TPSA) is 27.1 Å². The number of ether oxygens (including phenoxy) is 1. The highest BCUT2D eigenvalue weighted by Gasteiger charge is 1.96. The first-order valence-corrected chi connectivity index (χ1v) is 5.82. The number of aromatic nitrogens is 2. The molecule has 0 unspecified atom stereocenters. The first-order valence-electron chi connectivity index (χ1n) is 4.18. The van der Waals surface area contributed by atoms with Gasteiger partial charge in [0.05, 0.1) is 13.2 Å². The number of halogens is 1. The van der Waals surface area contributed by atoms with Crippen LogP contribution in [0.5, 0.6) is 0 Å². The molecule has 0 spiro atoms. The maximum Gasteiger partial charge on any atom is 0.133 e. The lowest BCUT2D eigenvalue weighted by Gasteiger charge is -1.97. The first-order chi connectivity index (χ1) is 6.36. The van der Waals surface area contributed by atoms with Crippen molar-refractivity contribution in [3.8, 4) is 0 Å². The van der Waals surface area contributed by atoms with Crippen molar-refractivity contribution in [2.24, 2.45) is 0 Å². The van der Waals surface area contributed by atoms with Crippen LogP contribution >= 0.6 is 21.7 Å². The van der Waals surface area contributed by atoms with Crippen LogP contribution in [0.15, 0.2) is 17.3 Å². The molecule has 0 aliphatic heterocycles. The fourth-order valence-electron chi connectivity index (χ4n) is 0.694. The fourth-order valence-corrected chi connectivity index (χ4v) is 1.19. The van der Waals surface area contributed by atoms with Gasteiger partial charge in [-0.15, -0.1) is 0 Å². The number of nitrogens with zero attached hydrogens (tertiary/aromatic N) is 2. The number of hydrogen-bond donors (Lipinski definition) is 0. The predicted octanol–water partition coefficient (Wildman–Crippen LogP) is 2.80. The Morgan fingerprint density at radius 3 is 2.77 bits per heavy atom. The lowest BCUT2D eigenvalue weighted by atomic mass is 10.7. The van der Waals surface area contributed by atoms with Crippen molar-refractivity contribution in [3.05, 3.63) is 12.3 Å². The summed E-state index contributed by atoms with van der Waals surface area (Å²) >= 11 is 0. The molecule has 0 radical (unpaired) electrons. The zero-order valence-corrected chi connectivity index (χ0v) is 9.73. The van der Waals surface area contributed by atoms with Crippen molar-refractivity contribution >= 4 is 21.7 Å². The Labute approximate surface area is 87.9 Å². The molecule has 1 rings (SSSR count). The Morgan fingerprint density at radius 1 is 1.62 bits per heavy atom. The van der Waals surface area contributed by atoms with Crippen LogP contribution in [0.1, 0.15) is 13.8 Å². The third-order valence-electron chi connectivity index (χ3n) is 1.22. The average molecular weight is 223 g/mol. The lowest BCUT2D eigenvalue weighted by Crippen LogP contribution is -2.04. The van der Waals surface area contributed by atoms with Gasteiger partial charge in [-0.1, -0.05) is 13.8 Å². The third kappa shape index (κ3) is 5.18. The first kappa shape index (κ1) is 12.8. The van der Waals surface area contributed by atoms with Crippen LogP contribution in [0.25, 0.3) is 0 Å². The standard InChI is InChI=1S/C6H9ClN2OS.C2H6/c1-10-5-4-9-3-2-6(8-9)11-7;1-2/h2-3H,4-5H2,1H3;1-2H3. The van der Waals surface area contributed by atoms with Crippen molar-refractivity contribution in [1.29, 1.82) is 0 Å². The van der Waals surface area contributed by atoms with E-state index in [4.69, 9.17) is 15.4 Å². The third-order valence-corrected chi connectivity index (χ3v) is 2.07. The summed E-state index contributed by atoms with van der Waals surface area (Å²) in [6, 6.07) is 1.87. The van der Waals surface area contributed by atoms with Gasteiger partial charge >= 0.3 is 0 Å². The monoisotopic (exact) mass is 222 g/mol. The van der Waals surface area contributed by atoms with Gasteiger partial charge in [0.2, 0.25) is 0 Å². The van der Waals surface area contributed by atoms with E-state index in [0.717, 1.165) is 22.5 Å². The summed E-state index contributed by atoms with van der Waals surface area (Å²) in [5.74, 6) is 0. The summed E-state index contributed by atoms with van der Waals surface area (Å²) in [6.07, 6.45) is 1.88. The fraction of sp³-hybridized carbons (Fsp3) is 0.625. The number of rotatable bonds is 4. The molecule has 1 aromatic heterocycles. The zero-order chi connectivity index (χ0) is 10.1. The van der Waals surface area contributed by atoms with Gasteiger partial charge in [0, 0.05) is 24.3 Å². The predicted molar refractivity (Wildman–Crippen MR) is 57.2 cm³/mol. The van der Waals surface area contributed by atoms with Crippen molar-refractivity contribution in [2.45, 2.75) is 25.4 Å². The molecule has 0 aliphatic rings. The van der Waals surface area contributed by atoms with Crippen LogP contribution in [0.3, 0.4) is 0 Å². The highest BCUT2D eigenvalue weighted by Crippen LogP contribution is 2.18. The minimum atomic E-state index is 0.675. The molecule has 1 aromatic rings. The van der Waals surface area contributed by atoms with Crippen LogP contribution in [-0.2, 0) is 11.3 Å². The molecule has 0 saturated heterocycles. The molecular weight excluding hydrogens is 208 g/mol. The minimum absolute atomic E-state index is 0.675. The molecule has 0 amide bonds. The zero-order valence-electron chi connectivity index (χ0n) is 8.16. The second kappa shape index (κ2) is 8.41. The summed E-state index contributed by atoms with van der Waals surface area (Å²) in [5.41, 5.74) is 0. The van der Waals surface area contributed by atoms with Gasteiger partial charge in [0.15, 0.2) is 0 Å². The van der Waals surface area contributed by atoms with Crippen molar-refractivity contribution < 1.29 is 4.74 Å². The van der Waals surface area contributed by atoms with E-state index in [1.54, 1.807) is 11.8 Å². The molecule has 3 nitrogen and oxygen atoms in total. The molecule has 0 atom stereocenters. The molecule has 0 N–H and O–H groups in total. The molecule has 0 bridgehead atoms. The quantitative estimate of drug-likeness (QED) is 0.784. The van der Waals surface area contributed by atoms with Gasteiger partial charge in [-0.3, -0.25) is 4.68 Å². The van der Waals surface area contributed by atoms with E-state index < -0.39 is 0 Å². The van der Waals surface area contributed by atoms with E-state index in [1.165, 1.54) is 0 Å². The number of methoxy groups -OCH3 is 1. The minimum Gasteiger partial charge on any atom is -0.383 e. The highest BCUT2D eigenvalue weighted by atomic mass is 35.7. The van der Waals surface area contributed by atoms with E-state index in [9.17, 15) is 0 Å². The summed E-state index contributed by atoms with van der Waals surface area (Å²) in [6.45, 7) is 5.45. The van der Waals surface area contributed by atoms with Crippen molar-refractivity contribution in [3.63, 3.8) is 0 Å². The van der Waals surface area contributed by atoms with E-state index in [0.29, 0.717) is 6.61 Å². The summed E-state index contributed by atoms with van der Waals surface area (Å²) in [5, 5.41) is 4.96. The van der Waals surface area contributed by atoms with E-state index in [-0.39, 0.29) is 0 Å². The molecule has 76 valence electrons. The Morgan fingerprint density at radius 2 is 2.31 bits per heavy atom. The van der Waals surface area contributed by atoms with Crippen LogP contribution in [-0.4, -0.2) is 23.5 Å². The van der Waals surface area contributed by atoms with Crippen LogP contribution < -0.4 is 0 Å². The van der Waals surface area contributed by atoms with Gasteiger partial charge in [-0.2, -0.15) is 5.10 Å². The van der Waals surface area contributed by atoms with Crippen LogP contribution in [0.2, 0.25) is 0 Å². The van der Waals surface area contributed by atoms with Gasteiger partial charge in [-0.05, 0) is 16.7 Å². The normalized spacial score (nSPS) is 9.23. The maximum atomic E-state index is 5.48. The Balaban J connectivity index is 0.000000671. The Kier molecular flexibility index (Phi) is 8.29. The van der Waals surface area contributed by atoms with E-state index in [2.05, 4.69) is 5.10 Å².